The molecule has 0 bridgehead atoms. The van der Waals surface area contributed by atoms with Crippen molar-refractivity contribution < 1.29 is 12.6 Å². The lowest BCUT2D eigenvalue weighted by molar-refractivity contribution is 0.242. The van der Waals surface area contributed by atoms with E-state index in [1.165, 1.54) is 70.6 Å². The Morgan fingerprint density at radius 2 is 0.909 bits per heavy atom. The first-order valence-electron chi connectivity index (χ1n) is 9.49. The van der Waals surface area contributed by atoms with E-state index in [2.05, 4.69) is 13.8 Å². The monoisotopic (exact) mass is 334 g/mol. The van der Waals surface area contributed by atoms with E-state index in [9.17, 15) is 4.21 Å². The standard InChI is InChI=1S/C18H38O3S/c1-3-5-7-8-9-10-11-12-13-14-15-16-18-21-22(19)20-17-6-4-2/h3-18H2,1-2H3. The van der Waals surface area contributed by atoms with Gasteiger partial charge in [-0.1, -0.05) is 90.9 Å². The Morgan fingerprint density at radius 3 is 1.36 bits per heavy atom. The summed E-state index contributed by atoms with van der Waals surface area (Å²) < 4.78 is 21.5. The molecule has 134 valence electrons. The SMILES string of the molecule is CCCCCCCCCCCCCCOS(=O)OCCCC. The molecule has 0 aromatic rings. The third-order valence-corrected chi connectivity index (χ3v) is 4.57. The normalized spacial score (nSPS) is 12.6. The average Bonchev–Trinajstić information content (AvgIpc) is 2.52. The van der Waals surface area contributed by atoms with Crippen LogP contribution in [0.3, 0.4) is 0 Å². The van der Waals surface area contributed by atoms with E-state index in [-0.39, 0.29) is 0 Å². The molecular weight excluding hydrogens is 296 g/mol. The molecule has 0 aliphatic heterocycles. The summed E-state index contributed by atoms with van der Waals surface area (Å²) in [5.74, 6) is 0. The second-order valence-corrected chi connectivity index (χ2v) is 6.97. The van der Waals surface area contributed by atoms with E-state index in [1.54, 1.807) is 0 Å². The minimum Gasteiger partial charge on any atom is -0.268 e. The van der Waals surface area contributed by atoms with Crippen molar-refractivity contribution in [2.45, 2.75) is 104 Å². The molecule has 22 heavy (non-hydrogen) atoms. The molecule has 0 amide bonds. The largest absolute Gasteiger partial charge is 0.304 e. The Bertz CT molecular complexity index is 234. The molecule has 3 nitrogen and oxygen atoms in total. The third-order valence-electron chi connectivity index (χ3n) is 3.85. The molecule has 4 heteroatoms. The van der Waals surface area contributed by atoms with E-state index < -0.39 is 11.4 Å². The Morgan fingerprint density at radius 1 is 0.545 bits per heavy atom. The lowest BCUT2D eigenvalue weighted by atomic mass is 10.1. The van der Waals surface area contributed by atoms with E-state index in [0.717, 1.165) is 19.3 Å². The first kappa shape index (κ1) is 22.1. The van der Waals surface area contributed by atoms with Gasteiger partial charge in [-0.2, -0.15) is 4.21 Å². The predicted octanol–water partition coefficient (Wildman–Crippen LogP) is 6.10. The van der Waals surface area contributed by atoms with Crippen molar-refractivity contribution in [2.75, 3.05) is 13.2 Å². The molecule has 0 saturated heterocycles. The van der Waals surface area contributed by atoms with E-state index in [1.807, 2.05) is 0 Å². The van der Waals surface area contributed by atoms with Crippen LogP contribution in [0.2, 0.25) is 0 Å². The summed E-state index contributed by atoms with van der Waals surface area (Å²) in [7, 11) is 0. The van der Waals surface area contributed by atoms with Crippen molar-refractivity contribution in [3.63, 3.8) is 0 Å². The van der Waals surface area contributed by atoms with Crippen molar-refractivity contribution in [1.29, 1.82) is 0 Å². The molecule has 0 saturated carbocycles. The quantitative estimate of drug-likeness (QED) is 0.284. The number of hydrogen-bond donors (Lipinski definition) is 0. The molecule has 0 spiro atoms. The Balaban J connectivity index is 3.06. The molecule has 1 unspecified atom stereocenters. The van der Waals surface area contributed by atoms with Gasteiger partial charge in [-0.15, -0.1) is 0 Å². The van der Waals surface area contributed by atoms with Crippen molar-refractivity contribution in [3.8, 4) is 0 Å². The molecule has 0 aromatic heterocycles. The maximum atomic E-state index is 11.3. The topological polar surface area (TPSA) is 35.5 Å². The fourth-order valence-corrected chi connectivity index (χ4v) is 2.95. The molecule has 0 rings (SSSR count). The van der Waals surface area contributed by atoms with Crippen LogP contribution in [0.5, 0.6) is 0 Å². The summed E-state index contributed by atoms with van der Waals surface area (Å²) in [6, 6.07) is 0. The lowest BCUT2D eigenvalue weighted by Gasteiger charge is -2.04. The van der Waals surface area contributed by atoms with Crippen molar-refractivity contribution in [2.24, 2.45) is 0 Å². The van der Waals surface area contributed by atoms with Crippen LogP contribution >= 0.6 is 0 Å². The zero-order valence-corrected chi connectivity index (χ0v) is 15.8. The van der Waals surface area contributed by atoms with Crippen molar-refractivity contribution in [1.82, 2.24) is 0 Å². The summed E-state index contributed by atoms with van der Waals surface area (Å²) in [4.78, 5) is 0. The van der Waals surface area contributed by atoms with Gasteiger partial charge in [0.1, 0.15) is 0 Å². The highest BCUT2D eigenvalue weighted by molar-refractivity contribution is 7.75. The summed E-state index contributed by atoms with van der Waals surface area (Å²) in [6.45, 7) is 5.43. The first-order chi connectivity index (χ1) is 10.8. The van der Waals surface area contributed by atoms with Gasteiger partial charge in [0.15, 0.2) is 0 Å². The molecule has 0 aromatic carbocycles. The predicted molar refractivity (Wildman–Crippen MR) is 96.0 cm³/mol. The molecular formula is C18H38O3S. The number of hydrogen-bond acceptors (Lipinski definition) is 3. The zero-order valence-electron chi connectivity index (χ0n) is 14.9. The average molecular weight is 335 g/mol. The van der Waals surface area contributed by atoms with Gasteiger partial charge in [0.05, 0.1) is 13.2 Å². The molecule has 0 radical (unpaired) electrons. The number of rotatable bonds is 18. The second kappa shape index (κ2) is 19.1. The molecule has 0 aliphatic rings. The third kappa shape index (κ3) is 18.1. The van der Waals surface area contributed by atoms with Crippen LogP contribution in [-0.2, 0) is 19.7 Å². The minimum absolute atomic E-state index is 0.529. The van der Waals surface area contributed by atoms with Crippen LogP contribution in [0.1, 0.15) is 104 Å². The molecule has 0 heterocycles. The van der Waals surface area contributed by atoms with Gasteiger partial charge in [-0.05, 0) is 12.8 Å². The molecule has 0 aliphatic carbocycles. The zero-order chi connectivity index (χ0) is 16.3. The van der Waals surface area contributed by atoms with Gasteiger partial charge >= 0.3 is 11.4 Å². The highest BCUT2D eigenvalue weighted by Gasteiger charge is 2.00. The first-order valence-corrected chi connectivity index (χ1v) is 10.5. The minimum atomic E-state index is -1.54. The fourth-order valence-electron chi connectivity index (χ4n) is 2.38. The summed E-state index contributed by atoms with van der Waals surface area (Å²) >= 11 is -1.54. The van der Waals surface area contributed by atoms with Gasteiger partial charge in [-0.3, -0.25) is 8.37 Å². The summed E-state index contributed by atoms with van der Waals surface area (Å²) in [6.07, 6.45) is 17.9. The van der Waals surface area contributed by atoms with Crippen molar-refractivity contribution in [3.05, 3.63) is 0 Å². The van der Waals surface area contributed by atoms with E-state index in [0.29, 0.717) is 13.2 Å². The van der Waals surface area contributed by atoms with Crippen molar-refractivity contribution >= 4 is 11.4 Å². The summed E-state index contributed by atoms with van der Waals surface area (Å²) in [5, 5.41) is 0. The van der Waals surface area contributed by atoms with E-state index in [4.69, 9.17) is 8.37 Å². The van der Waals surface area contributed by atoms with Crippen LogP contribution < -0.4 is 0 Å². The van der Waals surface area contributed by atoms with Gasteiger partial charge in [-0.25, -0.2) is 0 Å². The van der Waals surface area contributed by atoms with Crippen LogP contribution in [0.25, 0.3) is 0 Å². The molecule has 1 atom stereocenters. The van der Waals surface area contributed by atoms with Gasteiger partial charge in [0.2, 0.25) is 0 Å². The maximum Gasteiger partial charge on any atom is 0.304 e. The Kier molecular flexibility index (Phi) is 19.2. The van der Waals surface area contributed by atoms with Gasteiger partial charge < -0.3 is 0 Å². The van der Waals surface area contributed by atoms with Gasteiger partial charge in [0.25, 0.3) is 0 Å². The highest BCUT2D eigenvalue weighted by Crippen LogP contribution is 2.12. The molecule has 0 fully saturated rings. The number of unbranched alkanes of at least 4 members (excludes halogenated alkanes) is 12. The maximum absolute atomic E-state index is 11.3. The lowest BCUT2D eigenvalue weighted by Crippen LogP contribution is -2.04. The summed E-state index contributed by atoms with van der Waals surface area (Å²) in [5.41, 5.74) is 0. The highest BCUT2D eigenvalue weighted by atomic mass is 32.2. The fraction of sp³-hybridized carbons (Fsp3) is 1.00. The van der Waals surface area contributed by atoms with Crippen LogP contribution in [-0.4, -0.2) is 17.4 Å². The van der Waals surface area contributed by atoms with Gasteiger partial charge in [0, 0.05) is 0 Å². The van der Waals surface area contributed by atoms with E-state index >= 15 is 0 Å². The molecule has 0 N–H and O–H groups in total. The smallest absolute Gasteiger partial charge is 0.268 e. The van der Waals surface area contributed by atoms with Crippen LogP contribution in [0.4, 0.5) is 0 Å². The Hall–Kier alpha value is 0.0700. The second-order valence-electron chi connectivity index (χ2n) is 6.09. The van der Waals surface area contributed by atoms with Crippen LogP contribution in [0, 0.1) is 0 Å². The Labute approximate surface area is 141 Å². The van der Waals surface area contributed by atoms with Crippen LogP contribution in [0.15, 0.2) is 0 Å².